The van der Waals surface area contributed by atoms with Crippen LogP contribution in [0, 0.1) is 0 Å². The molecule has 1 fully saturated rings. The van der Waals surface area contributed by atoms with E-state index in [4.69, 9.17) is 0 Å². The van der Waals surface area contributed by atoms with Gasteiger partial charge in [0.15, 0.2) is 0 Å². The Bertz CT molecular complexity index is 247. The lowest BCUT2D eigenvalue weighted by molar-refractivity contribution is -0.134. The number of carbonyl (C=O) groups excluding carboxylic acids is 1. The highest BCUT2D eigenvalue weighted by molar-refractivity contribution is 8.00. The van der Waals surface area contributed by atoms with Crippen LogP contribution in [0.2, 0.25) is 0 Å². The summed E-state index contributed by atoms with van der Waals surface area (Å²) in [4.78, 5) is 10.9. The average Bonchev–Trinajstić information content (AvgIpc) is 2.35. The SMILES string of the molecule is COC(=O)/C=C/NCC1(SC)CCCCC1. The van der Waals surface area contributed by atoms with Gasteiger partial charge in [-0.1, -0.05) is 19.3 Å². The Morgan fingerprint density at radius 3 is 2.69 bits per heavy atom. The van der Waals surface area contributed by atoms with E-state index in [1.807, 2.05) is 11.8 Å². The molecule has 0 bridgehead atoms. The zero-order valence-electron chi connectivity index (χ0n) is 10.1. The topological polar surface area (TPSA) is 38.3 Å². The number of thioether (sulfide) groups is 1. The molecule has 4 heteroatoms. The number of rotatable bonds is 5. The minimum atomic E-state index is -0.311. The number of nitrogens with one attached hydrogen (secondary N) is 1. The lowest BCUT2D eigenvalue weighted by Gasteiger charge is -2.35. The van der Waals surface area contributed by atoms with E-state index in [1.54, 1.807) is 6.20 Å². The smallest absolute Gasteiger partial charge is 0.331 e. The van der Waals surface area contributed by atoms with Gasteiger partial charge in [0.05, 0.1) is 7.11 Å². The van der Waals surface area contributed by atoms with Gasteiger partial charge in [-0.05, 0) is 19.1 Å². The van der Waals surface area contributed by atoms with Crippen LogP contribution in [-0.4, -0.2) is 30.6 Å². The molecule has 16 heavy (non-hydrogen) atoms. The van der Waals surface area contributed by atoms with E-state index in [0.717, 1.165) is 6.54 Å². The zero-order valence-corrected chi connectivity index (χ0v) is 10.9. The third-order valence-electron chi connectivity index (χ3n) is 3.16. The predicted octanol–water partition coefficient (Wildman–Crippen LogP) is 2.33. The van der Waals surface area contributed by atoms with Crippen molar-refractivity contribution in [3.05, 3.63) is 12.3 Å². The Hall–Kier alpha value is -0.640. The number of methoxy groups -OCH3 is 1. The van der Waals surface area contributed by atoms with Crippen molar-refractivity contribution in [1.29, 1.82) is 0 Å². The first kappa shape index (κ1) is 13.4. The second kappa shape index (κ2) is 6.84. The summed E-state index contributed by atoms with van der Waals surface area (Å²) in [5, 5.41) is 3.21. The Labute approximate surface area is 102 Å². The summed E-state index contributed by atoms with van der Waals surface area (Å²) in [6.45, 7) is 0.932. The molecule has 3 nitrogen and oxygen atoms in total. The van der Waals surface area contributed by atoms with Gasteiger partial charge in [-0.2, -0.15) is 11.8 Å². The van der Waals surface area contributed by atoms with Gasteiger partial charge in [0.25, 0.3) is 0 Å². The minimum absolute atomic E-state index is 0.311. The molecule has 0 aromatic rings. The molecular weight excluding hydrogens is 222 g/mol. The molecule has 0 heterocycles. The van der Waals surface area contributed by atoms with E-state index in [9.17, 15) is 4.79 Å². The summed E-state index contributed by atoms with van der Waals surface area (Å²) in [5.41, 5.74) is 0. The van der Waals surface area contributed by atoms with Crippen molar-refractivity contribution in [3.8, 4) is 0 Å². The van der Waals surface area contributed by atoms with Gasteiger partial charge < -0.3 is 10.1 Å². The van der Waals surface area contributed by atoms with Gasteiger partial charge in [-0.3, -0.25) is 0 Å². The third kappa shape index (κ3) is 4.08. The van der Waals surface area contributed by atoms with Crippen LogP contribution < -0.4 is 5.32 Å². The highest BCUT2D eigenvalue weighted by Crippen LogP contribution is 2.37. The van der Waals surface area contributed by atoms with Crippen LogP contribution in [0.25, 0.3) is 0 Å². The molecule has 0 aromatic heterocycles. The maximum Gasteiger partial charge on any atom is 0.331 e. The second-order valence-electron chi connectivity index (χ2n) is 4.19. The second-order valence-corrected chi connectivity index (χ2v) is 5.46. The fraction of sp³-hybridized carbons (Fsp3) is 0.750. The van der Waals surface area contributed by atoms with Crippen molar-refractivity contribution in [2.45, 2.75) is 36.9 Å². The number of esters is 1. The van der Waals surface area contributed by atoms with E-state index in [1.165, 1.54) is 45.3 Å². The third-order valence-corrected chi connectivity index (χ3v) is 4.58. The van der Waals surface area contributed by atoms with Crippen molar-refractivity contribution in [1.82, 2.24) is 5.32 Å². The number of hydrogen-bond donors (Lipinski definition) is 1. The highest BCUT2D eigenvalue weighted by atomic mass is 32.2. The van der Waals surface area contributed by atoms with E-state index in [2.05, 4.69) is 16.3 Å². The Morgan fingerprint density at radius 2 is 2.12 bits per heavy atom. The van der Waals surface area contributed by atoms with E-state index >= 15 is 0 Å². The standard InChI is InChI=1S/C12H21NO2S/c1-15-11(14)6-9-13-10-12(16-2)7-4-3-5-8-12/h6,9,13H,3-5,7-8,10H2,1-2H3/b9-6+. The monoisotopic (exact) mass is 243 g/mol. The van der Waals surface area contributed by atoms with Crippen LogP contribution >= 0.6 is 11.8 Å². The maximum absolute atomic E-state index is 10.9. The molecule has 0 aliphatic heterocycles. The molecule has 1 saturated carbocycles. The van der Waals surface area contributed by atoms with Crippen LogP contribution in [0.4, 0.5) is 0 Å². The molecule has 0 amide bonds. The summed E-state index contributed by atoms with van der Waals surface area (Å²) in [6.07, 6.45) is 11.8. The van der Waals surface area contributed by atoms with Crippen molar-refractivity contribution in [2.75, 3.05) is 19.9 Å². The fourth-order valence-corrected chi connectivity index (χ4v) is 3.01. The molecule has 0 atom stereocenters. The summed E-state index contributed by atoms with van der Waals surface area (Å²) in [5.74, 6) is -0.311. The van der Waals surface area contributed by atoms with Crippen LogP contribution in [0.1, 0.15) is 32.1 Å². The fourth-order valence-electron chi connectivity index (χ4n) is 2.09. The van der Waals surface area contributed by atoms with Gasteiger partial charge in [-0.15, -0.1) is 0 Å². The Balaban J connectivity index is 2.33. The maximum atomic E-state index is 10.9. The Morgan fingerprint density at radius 1 is 1.44 bits per heavy atom. The summed E-state index contributed by atoms with van der Waals surface area (Å²) in [6, 6.07) is 0. The normalized spacial score (nSPS) is 19.6. The van der Waals surface area contributed by atoms with E-state index in [-0.39, 0.29) is 5.97 Å². The molecule has 0 aromatic carbocycles. The molecule has 0 spiro atoms. The van der Waals surface area contributed by atoms with E-state index < -0.39 is 0 Å². The van der Waals surface area contributed by atoms with Crippen molar-refractivity contribution in [3.63, 3.8) is 0 Å². The van der Waals surface area contributed by atoms with Crippen LogP contribution in [0.5, 0.6) is 0 Å². The quantitative estimate of drug-likeness (QED) is 0.594. The average molecular weight is 243 g/mol. The number of hydrogen-bond acceptors (Lipinski definition) is 4. The van der Waals surface area contributed by atoms with Crippen LogP contribution in [0.3, 0.4) is 0 Å². The molecule has 1 N–H and O–H groups in total. The summed E-state index contributed by atoms with van der Waals surface area (Å²) < 4.78 is 4.88. The first-order valence-electron chi connectivity index (χ1n) is 5.75. The van der Waals surface area contributed by atoms with Crippen molar-refractivity contribution < 1.29 is 9.53 Å². The largest absolute Gasteiger partial charge is 0.466 e. The lowest BCUT2D eigenvalue weighted by Crippen LogP contribution is -2.37. The van der Waals surface area contributed by atoms with Gasteiger partial charge >= 0.3 is 5.97 Å². The molecule has 1 rings (SSSR count). The number of ether oxygens (including phenoxy) is 1. The molecule has 1 aliphatic rings. The molecule has 0 unspecified atom stereocenters. The molecule has 0 saturated heterocycles. The first-order chi connectivity index (χ1) is 7.72. The molecule has 92 valence electrons. The minimum Gasteiger partial charge on any atom is -0.466 e. The summed E-state index contributed by atoms with van der Waals surface area (Å²) in [7, 11) is 1.39. The van der Waals surface area contributed by atoms with Crippen molar-refractivity contribution >= 4 is 17.7 Å². The van der Waals surface area contributed by atoms with Gasteiger partial charge in [0, 0.05) is 23.6 Å². The van der Waals surface area contributed by atoms with Gasteiger partial charge in [-0.25, -0.2) is 4.79 Å². The van der Waals surface area contributed by atoms with Crippen LogP contribution in [-0.2, 0) is 9.53 Å². The zero-order chi connectivity index (χ0) is 11.9. The van der Waals surface area contributed by atoms with E-state index in [0.29, 0.717) is 4.75 Å². The lowest BCUT2D eigenvalue weighted by atomic mass is 9.88. The van der Waals surface area contributed by atoms with Gasteiger partial charge in [0.2, 0.25) is 0 Å². The van der Waals surface area contributed by atoms with Crippen LogP contribution in [0.15, 0.2) is 12.3 Å². The summed E-state index contributed by atoms with van der Waals surface area (Å²) >= 11 is 1.95. The first-order valence-corrected chi connectivity index (χ1v) is 6.98. The van der Waals surface area contributed by atoms with Crippen molar-refractivity contribution in [2.24, 2.45) is 0 Å². The van der Waals surface area contributed by atoms with Gasteiger partial charge in [0.1, 0.15) is 0 Å². The Kier molecular flexibility index (Phi) is 5.74. The molecule has 1 aliphatic carbocycles. The number of carbonyl (C=O) groups is 1. The molecule has 0 radical (unpaired) electrons. The predicted molar refractivity (Wildman–Crippen MR) is 68.5 cm³/mol. The molecular formula is C12H21NO2S. The highest BCUT2D eigenvalue weighted by Gasteiger charge is 2.30.